The van der Waals surface area contributed by atoms with E-state index in [0.717, 1.165) is 10.3 Å². The first-order valence-corrected chi connectivity index (χ1v) is 6.63. The molecule has 18 heavy (non-hydrogen) atoms. The summed E-state index contributed by atoms with van der Waals surface area (Å²) < 4.78 is 14.8. The van der Waals surface area contributed by atoms with Crippen molar-refractivity contribution >= 4 is 27.7 Å². The van der Waals surface area contributed by atoms with E-state index in [0.29, 0.717) is 13.0 Å². The highest BCUT2D eigenvalue weighted by molar-refractivity contribution is 9.10. The fourth-order valence-corrected chi connectivity index (χ4v) is 2.33. The van der Waals surface area contributed by atoms with Gasteiger partial charge in [-0.15, -0.1) is 0 Å². The Balaban J connectivity index is 1.99. The molecule has 1 aromatic rings. The lowest BCUT2D eigenvalue weighted by Gasteiger charge is -2.35. The number of hydrogen-bond acceptors (Lipinski definition) is 3. The quantitative estimate of drug-likeness (QED) is 0.906. The van der Waals surface area contributed by atoms with Crippen LogP contribution in [0.15, 0.2) is 22.8 Å². The van der Waals surface area contributed by atoms with E-state index in [-0.39, 0.29) is 18.5 Å². The number of piperidine rings is 1. The summed E-state index contributed by atoms with van der Waals surface area (Å²) in [5.41, 5.74) is 0. The fraction of sp³-hybridized carbons (Fsp3) is 0.500. The largest absolute Gasteiger partial charge is 0.354 e. The molecule has 0 spiro atoms. The average Bonchev–Trinajstić information content (AvgIpc) is 2.32. The number of carbonyl (C=O) groups excluding carboxylic acids is 1. The zero-order valence-electron chi connectivity index (χ0n) is 10.1. The smallest absolute Gasteiger partial charge is 0.217 e. The number of aromatic nitrogens is 1. The number of rotatable bonds is 2. The van der Waals surface area contributed by atoms with Crippen molar-refractivity contribution in [3.8, 4) is 0 Å². The van der Waals surface area contributed by atoms with Crippen molar-refractivity contribution in [1.29, 1.82) is 0 Å². The van der Waals surface area contributed by atoms with E-state index >= 15 is 0 Å². The van der Waals surface area contributed by atoms with Gasteiger partial charge in [-0.05, 0) is 34.5 Å². The Labute approximate surface area is 114 Å². The van der Waals surface area contributed by atoms with Gasteiger partial charge in [0.15, 0.2) is 0 Å². The van der Waals surface area contributed by atoms with Gasteiger partial charge in [0.2, 0.25) is 5.91 Å². The van der Waals surface area contributed by atoms with Crippen LogP contribution in [0.4, 0.5) is 10.2 Å². The van der Waals surface area contributed by atoms with Gasteiger partial charge in [0.1, 0.15) is 12.0 Å². The van der Waals surface area contributed by atoms with Crippen molar-refractivity contribution in [3.63, 3.8) is 0 Å². The second-order valence-corrected chi connectivity index (χ2v) is 5.31. The first kappa shape index (κ1) is 13.3. The number of nitrogens with zero attached hydrogens (tertiary/aromatic N) is 2. The Morgan fingerprint density at radius 2 is 2.39 bits per heavy atom. The van der Waals surface area contributed by atoms with Gasteiger partial charge in [0.25, 0.3) is 0 Å². The van der Waals surface area contributed by atoms with Crippen molar-refractivity contribution in [2.45, 2.75) is 25.6 Å². The maximum atomic E-state index is 13.9. The molecule has 2 rings (SSSR count). The normalized spacial score (nSPS) is 23.8. The van der Waals surface area contributed by atoms with Gasteiger partial charge in [0.05, 0.1) is 12.6 Å². The Kier molecular flexibility index (Phi) is 4.16. The predicted molar refractivity (Wildman–Crippen MR) is 71.3 cm³/mol. The molecule has 4 nitrogen and oxygen atoms in total. The zero-order chi connectivity index (χ0) is 13.1. The topological polar surface area (TPSA) is 45.2 Å². The van der Waals surface area contributed by atoms with Crippen LogP contribution in [0.5, 0.6) is 0 Å². The number of alkyl halides is 1. The average molecular weight is 316 g/mol. The lowest BCUT2D eigenvalue weighted by molar-refractivity contribution is -0.120. The molecule has 1 amide bonds. The summed E-state index contributed by atoms with van der Waals surface area (Å²) in [6.45, 7) is 2.37. The van der Waals surface area contributed by atoms with Gasteiger partial charge in [0, 0.05) is 24.1 Å². The molecule has 6 heteroatoms. The third-order valence-electron chi connectivity index (χ3n) is 2.97. The predicted octanol–water partition coefficient (Wildman–Crippen LogP) is 1.90. The standard InChI is InChI=1S/C12H15BrFN3O/c1-8(18)16-11-4-5-17(7-10(11)14)12-3-2-9(13)6-15-12/h2-3,6,10-11H,4-5,7H2,1H3,(H,16,18)/t10-,11+/m1/s1. The molecular weight excluding hydrogens is 301 g/mol. The van der Waals surface area contributed by atoms with Gasteiger partial charge >= 0.3 is 0 Å². The molecule has 1 aliphatic heterocycles. The Morgan fingerprint density at radius 1 is 1.61 bits per heavy atom. The van der Waals surface area contributed by atoms with Crippen molar-refractivity contribution < 1.29 is 9.18 Å². The Morgan fingerprint density at radius 3 is 2.94 bits per heavy atom. The summed E-state index contributed by atoms with van der Waals surface area (Å²) in [6.07, 6.45) is 1.23. The van der Waals surface area contributed by atoms with E-state index in [2.05, 4.69) is 26.2 Å². The van der Waals surface area contributed by atoms with Gasteiger partial charge in [-0.2, -0.15) is 0 Å². The Bertz CT molecular complexity index is 426. The second-order valence-electron chi connectivity index (χ2n) is 4.39. The second kappa shape index (κ2) is 5.65. The molecule has 1 saturated heterocycles. The number of halogens is 2. The van der Waals surface area contributed by atoms with Crippen LogP contribution in [0.2, 0.25) is 0 Å². The van der Waals surface area contributed by atoms with Crippen LogP contribution >= 0.6 is 15.9 Å². The molecular formula is C12H15BrFN3O. The van der Waals surface area contributed by atoms with Crippen LogP contribution in [-0.4, -0.2) is 36.2 Å². The van der Waals surface area contributed by atoms with Crippen LogP contribution in [0.25, 0.3) is 0 Å². The van der Waals surface area contributed by atoms with E-state index in [9.17, 15) is 9.18 Å². The molecule has 0 radical (unpaired) electrons. The van der Waals surface area contributed by atoms with Crippen molar-refractivity contribution in [1.82, 2.24) is 10.3 Å². The molecule has 0 aliphatic carbocycles. The first-order valence-electron chi connectivity index (χ1n) is 5.84. The first-order chi connectivity index (χ1) is 8.56. The number of carbonyl (C=O) groups is 1. The summed E-state index contributed by atoms with van der Waals surface area (Å²) in [5, 5.41) is 2.64. The lowest BCUT2D eigenvalue weighted by Crippen LogP contribution is -2.52. The summed E-state index contributed by atoms with van der Waals surface area (Å²) in [6, 6.07) is 3.36. The highest BCUT2D eigenvalue weighted by Crippen LogP contribution is 2.21. The third-order valence-corrected chi connectivity index (χ3v) is 3.43. The monoisotopic (exact) mass is 315 g/mol. The van der Waals surface area contributed by atoms with E-state index < -0.39 is 6.17 Å². The molecule has 0 saturated carbocycles. The number of amides is 1. The van der Waals surface area contributed by atoms with Gasteiger partial charge in [-0.25, -0.2) is 9.37 Å². The van der Waals surface area contributed by atoms with Crippen LogP contribution in [0.3, 0.4) is 0 Å². The van der Waals surface area contributed by atoms with Crippen molar-refractivity contribution in [2.24, 2.45) is 0 Å². The molecule has 0 bridgehead atoms. The maximum Gasteiger partial charge on any atom is 0.217 e. The molecule has 98 valence electrons. The molecule has 1 aromatic heterocycles. The summed E-state index contributed by atoms with van der Waals surface area (Å²) in [4.78, 5) is 17.1. The Hall–Kier alpha value is -1.17. The van der Waals surface area contributed by atoms with Crippen molar-refractivity contribution in [3.05, 3.63) is 22.8 Å². The number of nitrogens with one attached hydrogen (secondary N) is 1. The third kappa shape index (κ3) is 3.19. The summed E-state index contributed by atoms with van der Waals surface area (Å²) in [7, 11) is 0. The SMILES string of the molecule is CC(=O)N[C@H]1CCN(c2ccc(Br)cn2)C[C@H]1F. The van der Waals surface area contributed by atoms with E-state index in [1.165, 1.54) is 6.92 Å². The lowest BCUT2D eigenvalue weighted by atomic mass is 10.0. The minimum absolute atomic E-state index is 0.183. The van der Waals surface area contributed by atoms with Gasteiger partial charge in [-0.3, -0.25) is 4.79 Å². The fourth-order valence-electron chi connectivity index (χ4n) is 2.09. The summed E-state index contributed by atoms with van der Waals surface area (Å²) >= 11 is 3.32. The molecule has 2 atom stereocenters. The minimum atomic E-state index is -1.06. The van der Waals surface area contributed by atoms with Crippen LogP contribution < -0.4 is 10.2 Å². The van der Waals surface area contributed by atoms with Crippen molar-refractivity contribution in [2.75, 3.05) is 18.0 Å². The molecule has 0 aromatic carbocycles. The molecule has 2 heterocycles. The van der Waals surface area contributed by atoms with Gasteiger partial charge in [-0.1, -0.05) is 0 Å². The highest BCUT2D eigenvalue weighted by Gasteiger charge is 2.30. The van der Waals surface area contributed by atoms with Gasteiger partial charge < -0.3 is 10.2 Å². The van der Waals surface area contributed by atoms with E-state index in [1.54, 1.807) is 6.20 Å². The number of hydrogen-bond donors (Lipinski definition) is 1. The van der Waals surface area contributed by atoms with E-state index in [1.807, 2.05) is 17.0 Å². The molecule has 1 aliphatic rings. The zero-order valence-corrected chi connectivity index (χ0v) is 11.7. The molecule has 0 unspecified atom stereocenters. The molecule has 1 N–H and O–H groups in total. The molecule has 1 fully saturated rings. The van der Waals surface area contributed by atoms with Crippen LogP contribution in [-0.2, 0) is 4.79 Å². The minimum Gasteiger partial charge on any atom is -0.354 e. The number of pyridine rings is 1. The number of anilines is 1. The van der Waals surface area contributed by atoms with Crippen LogP contribution in [0.1, 0.15) is 13.3 Å². The highest BCUT2D eigenvalue weighted by atomic mass is 79.9. The van der Waals surface area contributed by atoms with E-state index in [4.69, 9.17) is 0 Å². The van der Waals surface area contributed by atoms with Crippen LogP contribution in [0, 0.1) is 0 Å². The maximum absolute atomic E-state index is 13.9. The summed E-state index contributed by atoms with van der Waals surface area (Å²) in [5.74, 6) is 0.583.